The molecule has 0 bridgehead atoms. The van der Waals surface area contributed by atoms with Crippen LogP contribution in [0.25, 0.3) is 11.5 Å². The number of hydrogen-bond acceptors (Lipinski definition) is 10. The molecule has 0 saturated carbocycles. The minimum Gasteiger partial charge on any atom is -0.393 e. The van der Waals surface area contributed by atoms with Crippen molar-refractivity contribution in [3.63, 3.8) is 0 Å². The maximum absolute atomic E-state index is 13.3. The lowest BCUT2D eigenvalue weighted by Crippen LogP contribution is -2.52. The molecule has 1 aliphatic heterocycles. The van der Waals surface area contributed by atoms with E-state index in [9.17, 15) is 19.4 Å². The second-order valence-corrected chi connectivity index (χ2v) is 8.44. The summed E-state index contributed by atoms with van der Waals surface area (Å²) in [6.07, 6.45) is -0.406. The monoisotopic (exact) mass is 507 g/mol. The van der Waals surface area contributed by atoms with E-state index in [0.717, 1.165) is 0 Å². The van der Waals surface area contributed by atoms with E-state index in [4.69, 9.17) is 21.1 Å². The Morgan fingerprint density at radius 2 is 2.11 bits per heavy atom. The number of ether oxygens (including phenoxy) is 2. The van der Waals surface area contributed by atoms with Gasteiger partial charge in [-0.1, -0.05) is 17.7 Å². The zero-order valence-corrected chi connectivity index (χ0v) is 19.4. The van der Waals surface area contributed by atoms with Gasteiger partial charge in [-0.2, -0.15) is 4.80 Å². The lowest BCUT2D eigenvalue weighted by molar-refractivity contribution is -0.220. The van der Waals surface area contributed by atoms with Gasteiger partial charge in [-0.05, 0) is 35.9 Å². The molecule has 3 aromatic rings. The third-order valence-corrected chi connectivity index (χ3v) is 5.58. The molecule has 186 valence electrons. The van der Waals surface area contributed by atoms with Crippen LogP contribution < -0.4 is 5.32 Å². The second-order valence-electron chi connectivity index (χ2n) is 8.03. The highest BCUT2D eigenvalue weighted by Crippen LogP contribution is 2.20. The summed E-state index contributed by atoms with van der Waals surface area (Å²) in [6.45, 7) is 1.42. The molecule has 1 aromatic carbocycles. The molecular weight excluding hydrogens is 485 g/mol. The van der Waals surface area contributed by atoms with E-state index in [1.165, 1.54) is 29.1 Å². The number of carbonyl (C=O) groups excluding carboxylic acids is 1. The molecule has 35 heavy (non-hydrogen) atoms. The summed E-state index contributed by atoms with van der Waals surface area (Å²) in [5.41, 5.74) is -0.0791. The minimum absolute atomic E-state index is 0.0277. The van der Waals surface area contributed by atoms with Gasteiger partial charge in [0.1, 0.15) is 34.7 Å². The average Bonchev–Trinajstić information content (AvgIpc) is 3.33. The van der Waals surface area contributed by atoms with Crippen LogP contribution in [0.4, 0.5) is 4.39 Å². The maximum Gasteiger partial charge on any atom is 0.270 e. The molecule has 0 radical (unpaired) electrons. The number of tetrazole rings is 1. The number of benzene rings is 1. The van der Waals surface area contributed by atoms with Crippen LogP contribution in [0, 0.1) is 12.7 Å². The van der Waals surface area contributed by atoms with E-state index in [1.807, 2.05) is 0 Å². The first kappa shape index (κ1) is 25.0. The van der Waals surface area contributed by atoms with E-state index < -0.39 is 23.4 Å². The fraction of sp³-hybridized carbons (Fsp3) is 0.429. The van der Waals surface area contributed by atoms with E-state index in [0.29, 0.717) is 17.1 Å². The van der Waals surface area contributed by atoms with Crippen LogP contribution in [-0.4, -0.2) is 84.4 Å². The van der Waals surface area contributed by atoms with Crippen molar-refractivity contribution in [1.29, 1.82) is 0 Å². The molecule has 1 atom stereocenters. The molecule has 2 aromatic heterocycles. The Morgan fingerprint density at radius 3 is 2.80 bits per heavy atom. The first-order valence-corrected chi connectivity index (χ1v) is 11.0. The Hall–Kier alpha value is -3.10. The SMILES string of the molecule is Cc1nc(C(=O)NCc2ccc(F)c(Cl)c2)cc(-c2nnn(CC3COC(CO)(CO)CO3)n2)n1. The molecule has 3 heterocycles. The minimum atomic E-state index is -1.12. The summed E-state index contributed by atoms with van der Waals surface area (Å²) < 4.78 is 24.5. The van der Waals surface area contributed by atoms with Crippen molar-refractivity contribution >= 4 is 17.5 Å². The van der Waals surface area contributed by atoms with Gasteiger partial charge in [0.2, 0.25) is 5.82 Å². The van der Waals surface area contributed by atoms with E-state index in [-0.39, 0.29) is 56.1 Å². The van der Waals surface area contributed by atoms with Crippen molar-refractivity contribution in [2.24, 2.45) is 0 Å². The summed E-state index contributed by atoms with van der Waals surface area (Å²) in [7, 11) is 0. The summed E-state index contributed by atoms with van der Waals surface area (Å²) in [6, 6.07) is 5.63. The van der Waals surface area contributed by atoms with Crippen LogP contribution in [0.1, 0.15) is 21.9 Å². The fourth-order valence-electron chi connectivity index (χ4n) is 3.29. The maximum atomic E-state index is 13.3. The van der Waals surface area contributed by atoms with Crippen molar-refractivity contribution in [3.8, 4) is 11.5 Å². The standard InChI is InChI=1S/C21H23ClFN7O5/c1-12-25-17(5-18(26-12)20(33)24-6-13-2-3-16(23)15(22)4-13)19-27-29-30(28-19)7-14-8-35-21(9-31,10-32)11-34-14/h2-5,14,31-32H,6-11H2,1H3,(H,24,33). The van der Waals surface area contributed by atoms with E-state index in [1.54, 1.807) is 6.92 Å². The molecule has 0 spiro atoms. The Balaban J connectivity index is 1.40. The molecule has 14 heteroatoms. The van der Waals surface area contributed by atoms with E-state index in [2.05, 4.69) is 30.7 Å². The molecule has 12 nitrogen and oxygen atoms in total. The molecule has 1 saturated heterocycles. The van der Waals surface area contributed by atoms with Crippen LogP contribution in [-0.2, 0) is 22.6 Å². The molecule has 1 fully saturated rings. The number of aliphatic hydroxyl groups excluding tert-OH is 2. The lowest BCUT2D eigenvalue weighted by Gasteiger charge is -2.37. The van der Waals surface area contributed by atoms with Crippen LogP contribution in [0.2, 0.25) is 5.02 Å². The van der Waals surface area contributed by atoms with Crippen molar-refractivity contribution in [1.82, 2.24) is 35.5 Å². The normalized spacial score (nSPS) is 17.3. The van der Waals surface area contributed by atoms with Crippen molar-refractivity contribution in [3.05, 3.63) is 52.2 Å². The first-order chi connectivity index (χ1) is 16.8. The third kappa shape index (κ3) is 5.94. The third-order valence-electron chi connectivity index (χ3n) is 5.29. The summed E-state index contributed by atoms with van der Waals surface area (Å²) in [5, 5.41) is 33.7. The van der Waals surface area contributed by atoms with Crippen molar-refractivity contribution in [2.75, 3.05) is 26.4 Å². The molecule has 1 unspecified atom stereocenters. The first-order valence-electron chi connectivity index (χ1n) is 10.6. The van der Waals surface area contributed by atoms with Crippen LogP contribution in [0.15, 0.2) is 24.3 Å². The van der Waals surface area contributed by atoms with Gasteiger partial charge in [0.05, 0.1) is 38.0 Å². The molecule has 1 aliphatic rings. The smallest absolute Gasteiger partial charge is 0.270 e. The summed E-state index contributed by atoms with van der Waals surface area (Å²) in [5.74, 6) is -0.480. The predicted octanol–water partition coefficient (Wildman–Crippen LogP) is 0.300. The highest BCUT2D eigenvalue weighted by atomic mass is 35.5. The molecule has 1 amide bonds. The number of nitrogens with one attached hydrogen (secondary N) is 1. The number of aryl methyl sites for hydroxylation is 1. The van der Waals surface area contributed by atoms with Gasteiger partial charge >= 0.3 is 0 Å². The number of amides is 1. The number of halogens is 2. The molecule has 3 N–H and O–H groups in total. The Bertz CT molecular complexity index is 1200. The van der Waals surface area contributed by atoms with E-state index >= 15 is 0 Å². The molecule has 4 rings (SSSR count). The predicted molar refractivity (Wildman–Crippen MR) is 119 cm³/mol. The van der Waals surface area contributed by atoms with Gasteiger partial charge in [0.25, 0.3) is 5.91 Å². The largest absolute Gasteiger partial charge is 0.393 e. The van der Waals surface area contributed by atoms with Gasteiger partial charge in [0, 0.05) is 6.54 Å². The highest BCUT2D eigenvalue weighted by Gasteiger charge is 2.36. The molecular formula is C21H23ClFN7O5. The number of nitrogens with zero attached hydrogens (tertiary/aromatic N) is 6. The Morgan fingerprint density at radius 1 is 1.31 bits per heavy atom. The van der Waals surface area contributed by atoms with Gasteiger partial charge < -0.3 is 25.0 Å². The number of carbonyl (C=O) groups is 1. The average molecular weight is 508 g/mol. The lowest BCUT2D eigenvalue weighted by atomic mass is 10.1. The summed E-state index contributed by atoms with van der Waals surface area (Å²) >= 11 is 5.78. The van der Waals surface area contributed by atoms with Crippen molar-refractivity contribution in [2.45, 2.75) is 31.7 Å². The van der Waals surface area contributed by atoms with Crippen molar-refractivity contribution < 1.29 is 28.9 Å². The van der Waals surface area contributed by atoms with Crippen LogP contribution in [0.5, 0.6) is 0 Å². The zero-order valence-electron chi connectivity index (χ0n) is 18.7. The zero-order chi connectivity index (χ0) is 25.0. The summed E-state index contributed by atoms with van der Waals surface area (Å²) in [4.78, 5) is 22.4. The van der Waals surface area contributed by atoms with Gasteiger partial charge in [-0.25, -0.2) is 14.4 Å². The van der Waals surface area contributed by atoms with Gasteiger partial charge in [-0.3, -0.25) is 4.79 Å². The van der Waals surface area contributed by atoms with Crippen LogP contribution in [0.3, 0.4) is 0 Å². The highest BCUT2D eigenvalue weighted by molar-refractivity contribution is 6.30. The Kier molecular flexibility index (Phi) is 7.62. The number of aromatic nitrogens is 6. The van der Waals surface area contributed by atoms with Gasteiger partial charge in [0.15, 0.2) is 0 Å². The van der Waals surface area contributed by atoms with Crippen LogP contribution >= 0.6 is 11.6 Å². The second kappa shape index (κ2) is 10.7. The number of hydrogen-bond donors (Lipinski definition) is 3. The quantitative estimate of drug-likeness (QED) is 0.387. The topological polar surface area (TPSA) is 157 Å². The fourth-order valence-corrected chi connectivity index (χ4v) is 3.50. The number of aliphatic hydroxyl groups is 2. The Labute approximate surface area is 204 Å². The number of rotatable bonds is 8. The molecule has 0 aliphatic carbocycles. The van der Waals surface area contributed by atoms with Gasteiger partial charge in [-0.15, -0.1) is 10.2 Å².